The zero-order valence-electron chi connectivity index (χ0n) is 66.4. The number of fused-ring (bicyclic) bond motifs is 19. The maximum atomic E-state index is 5.19. The largest absolute Gasteiger partial charge is 0.309 e. The van der Waals surface area contributed by atoms with Crippen LogP contribution in [0.2, 0.25) is 0 Å². The first-order valence-corrected chi connectivity index (χ1v) is 41.8. The molecule has 0 N–H and O–H groups in total. The van der Waals surface area contributed by atoms with E-state index in [2.05, 4.69) is 455 Å². The molecule has 0 aliphatic carbocycles. The van der Waals surface area contributed by atoms with Crippen molar-refractivity contribution >= 4 is 130 Å². The summed E-state index contributed by atoms with van der Waals surface area (Å²) in [5, 5.41) is 20.0. The molecule has 0 aliphatic heterocycles. The minimum absolute atomic E-state index is 0.949. The lowest BCUT2D eigenvalue weighted by molar-refractivity contribution is 1.18. The third-order valence-corrected chi connectivity index (χ3v) is 25.1. The SMILES string of the molecule is c1cc(-c2nccc3ccccc23)cc(-n2c3ccccc3c3cc(-c4ccc5c(c4)c4ccccc4n5-c4ccc5c6ccccc6c6ccccc6c5c4)ccc32)c1.c1ccc(-c2ccc(-n3c4ccccc4c4cc(-c5ccc6c(c5)c5ccccc5n6-c5ccc(-c6cc(-c7ccccc7)cc(-c7ccccc7)n6)cc5)ccc43)cc2)cc1. The van der Waals surface area contributed by atoms with Crippen molar-refractivity contribution in [2.45, 2.75) is 0 Å². The third-order valence-electron chi connectivity index (χ3n) is 25.1. The Labute approximate surface area is 703 Å². The van der Waals surface area contributed by atoms with Crippen LogP contribution in [-0.2, 0) is 0 Å². The summed E-state index contributed by atoms with van der Waals surface area (Å²) in [6.07, 6.45) is 1.91. The molecule has 0 fully saturated rings. The van der Waals surface area contributed by atoms with Crippen LogP contribution in [-0.4, -0.2) is 28.2 Å². The van der Waals surface area contributed by atoms with Gasteiger partial charge in [0.05, 0.1) is 61.2 Å². The first-order chi connectivity index (χ1) is 60.5. The molecule has 0 aliphatic rings. The predicted molar refractivity (Wildman–Crippen MR) is 514 cm³/mol. The number of benzene rings is 19. The molecule has 0 bridgehead atoms. The van der Waals surface area contributed by atoms with Gasteiger partial charge in [0, 0.05) is 94.1 Å². The van der Waals surface area contributed by atoms with Crippen LogP contribution in [0.5, 0.6) is 0 Å². The van der Waals surface area contributed by atoms with Gasteiger partial charge in [-0.25, -0.2) is 4.98 Å². The van der Waals surface area contributed by atoms with Crippen molar-refractivity contribution < 1.29 is 0 Å². The summed E-state index contributed by atoms with van der Waals surface area (Å²) < 4.78 is 9.62. The number of hydrogen-bond acceptors (Lipinski definition) is 2. The fourth-order valence-corrected chi connectivity index (χ4v) is 19.3. The maximum absolute atomic E-state index is 5.19. The summed E-state index contributed by atoms with van der Waals surface area (Å²) in [6, 6.07) is 161. The van der Waals surface area contributed by atoms with Gasteiger partial charge in [0.1, 0.15) is 0 Å². The van der Waals surface area contributed by atoms with Crippen molar-refractivity contribution in [3.05, 3.63) is 449 Å². The number of pyridine rings is 2. The zero-order valence-corrected chi connectivity index (χ0v) is 66.4. The normalized spacial score (nSPS) is 11.8. The lowest BCUT2D eigenvalue weighted by Gasteiger charge is -2.14. The van der Waals surface area contributed by atoms with Crippen molar-refractivity contribution in [1.29, 1.82) is 0 Å². The van der Waals surface area contributed by atoms with E-state index < -0.39 is 0 Å². The highest BCUT2D eigenvalue weighted by Gasteiger charge is 2.22. The fourth-order valence-electron chi connectivity index (χ4n) is 19.3. The summed E-state index contributed by atoms with van der Waals surface area (Å²) in [6.45, 7) is 0. The molecular formula is C116H74N6. The van der Waals surface area contributed by atoms with Crippen LogP contribution in [0.4, 0.5) is 0 Å². The molecule has 6 aromatic heterocycles. The molecule has 568 valence electrons. The lowest BCUT2D eigenvalue weighted by Crippen LogP contribution is -1.95. The molecule has 0 unspecified atom stereocenters. The summed E-state index contributed by atoms with van der Waals surface area (Å²) in [7, 11) is 0. The maximum Gasteiger partial charge on any atom is 0.0781 e. The van der Waals surface area contributed by atoms with Gasteiger partial charge in [0.15, 0.2) is 0 Å². The highest BCUT2D eigenvalue weighted by molar-refractivity contribution is 6.26. The zero-order chi connectivity index (χ0) is 80.3. The number of nitrogens with zero attached hydrogens (tertiary/aromatic N) is 6. The minimum Gasteiger partial charge on any atom is -0.309 e. The van der Waals surface area contributed by atoms with Crippen molar-refractivity contribution in [1.82, 2.24) is 28.2 Å². The van der Waals surface area contributed by atoms with Gasteiger partial charge >= 0.3 is 0 Å². The van der Waals surface area contributed by atoms with Gasteiger partial charge in [-0.2, -0.15) is 0 Å². The molecule has 6 heteroatoms. The molecule has 25 rings (SSSR count). The quantitative estimate of drug-likeness (QED) is 0.121. The highest BCUT2D eigenvalue weighted by atomic mass is 15.0. The average Bonchev–Trinajstić information content (AvgIpc) is 1.73. The first kappa shape index (κ1) is 70.0. The van der Waals surface area contributed by atoms with E-state index in [0.29, 0.717) is 0 Å². The van der Waals surface area contributed by atoms with E-state index in [4.69, 9.17) is 9.97 Å². The molecule has 19 aromatic carbocycles. The van der Waals surface area contributed by atoms with E-state index in [1.165, 1.54) is 164 Å². The summed E-state index contributed by atoms with van der Waals surface area (Å²) >= 11 is 0. The molecule has 0 radical (unpaired) electrons. The van der Waals surface area contributed by atoms with Crippen LogP contribution >= 0.6 is 0 Å². The number of rotatable bonds is 11. The van der Waals surface area contributed by atoms with E-state index in [-0.39, 0.29) is 0 Å². The van der Waals surface area contributed by atoms with Crippen molar-refractivity contribution in [2.24, 2.45) is 0 Å². The van der Waals surface area contributed by atoms with Crippen LogP contribution in [0.25, 0.3) is 231 Å². The second-order valence-electron chi connectivity index (χ2n) is 31.9. The molecule has 122 heavy (non-hydrogen) atoms. The molecule has 0 saturated carbocycles. The second kappa shape index (κ2) is 28.8. The number of hydrogen-bond donors (Lipinski definition) is 0. The Morgan fingerprint density at radius 1 is 0.148 bits per heavy atom. The third kappa shape index (κ3) is 11.7. The van der Waals surface area contributed by atoms with Gasteiger partial charge in [-0.05, 0) is 222 Å². The van der Waals surface area contributed by atoms with Crippen LogP contribution in [0, 0.1) is 0 Å². The lowest BCUT2D eigenvalue weighted by atomic mass is 9.94. The van der Waals surface area contributed by atoms with Gasteiger partial charge < -0.3 is 18.3 Å². The standard InChI is InChI=1S/C59H39N3.C57H35N3/c1-4-14-40(15-5-1)42-24-30-48(31-25-42)61-56-22-12-10-20-50(56)52-36-45(28-34-58(52)61)46-29-35-59-53(37-46)51-21-11-13-23-57(51)62(59)49-32-26-44(27-33-49)55-39-47(41-16-6-2-7-17-41)38-54(60-55)43-18-8-3-9-19-43;1-2-15-42-36(12-1)30-31-58-57(42)39-13-11-14-40(32-39)59-53-22-9-7-20-48(53)51-33-37(24-28-55(51)59)38-25-29-56-52(34-38)49-21-8-10-23-54(49)60(56)41-26-27-47-45-18-4-3-16-43(45)44-17-5-6-19-46(44)50(47)35-41/h1-39H;1-35H. The van der Waals surface area contributed by atoms with Crippen LogP contribution in [0.1, 0.15) is 0 Å². The smallest absolute Gasteiger partial charge is 0.0781 e. The van der Waals surface area contributed by atoms with Crippen molar-refractivity contribution in [3.8, 4) is 101 Å². The summed E-state index contributed by atoms with van der Waals surface area (Å²) in [5.41, 5.74) is 29.8. The fraction of sp³-hybridized carbons (Fsp3) is 0. The van der Waals surface area contributed by atoms with E-state index in [0.717, 1.165) is 67.5 Å². The average molecular weight is 1550 g/mol. The Bertz CT molecular complexity index is 8380. The van der Waals surface area contributed by atoms with Crippen molar-refractivity contribution in [3.63, 3.8) is 0 Å². The van der Waals surface area contributed by atoms with Gasteiger partial charge in [-0.3, -0.25) is 4.98 Å². The van der Waals surface area contributed by atoms with Gasteiger partial charge in [0.25, 0.3) is 0 Å². The molecule has 6 heterocycles. The summed E-state index contributed by atoms with van der Waals surface area (Å²) in [5.74, 6) is 0. The highest BCUT2D eigenvalue weighted by Crippen LogP contribution is 2.45. The van der Waals surface area contributed by atoms with Crippen LogP contribution < -0.4 is 0 Å². The van der Waals surface area contributed by atoms with Gasteiger partial charge in [-0.1, -0.05) is 303 Å². The first-order valence-electron chi connectivity index (χ1n) is 41.8. The van der Waals surface area contributed by atoms with E-state index in [1.54, 1.807) is 0 Å². The molecule has 0 saturated heterocycles. The predicted octanol–water partition coefficient (Wildman–Crippen LogP) is 30.8. The Balaban J connectivity index is 0.000000138. The second-order valence-corrected chi connectivity index (χ2v) is 31.9. The monoisotopic (exact) mass is 1550 g/mol. The topological polar surface area (TPSA) is 45.5 Å². The van der Waals surface area contributed by atoms with E-state index in [1.807, 2.05) is 12.3 Å². The van der Waals surface area contributed by atoms with Crippen LogP contribution in [0.3, 0.4) is 0 Å². The van der Waals surface area contributed by atoms with E-state index in [9.17, 15) is 0 Å². The molecule has 0 atom stereocenters. The van der Waals surface area contributed by atoms with Gasteiger partial charge in [-0.15, -0.1) is 0 Å². The minimum atomic E-state index is 0.949. The Morgan fingerprint density at radius 3 is 0.902 bits per heavy atom. The number of aromatic nitrogens is 6. The van der Waals surface area contributed by atoms with Gasteiger partial charge in [0.2, 0.25) is 0 Å². The number of para-hydroxylation sites is 4. The Hall–Kier alpha value is -16.3. The van der Waals surface area contributed by atoms with E-state index >= 15 is 0 Å². The summed E-state index contributed by atoms with van der Waals surface area (Å²) in [4.78, 5) is 10.0. The Kier molecular flexibility index (Phi) is 16.5. The van der Waals surface area contributed by atoms with Crippen molar-refractivity contribution in [2.75, 3.05) is 0 Å². The van der Waals surface area contributed by atoms with Crippen LogP contribution in [0.15, 0.2) is 449 Å². The Morgan fingerprint density at radius 2 is 0.451 bits per heavy atom. The molecule has 6 nitrogen and oxygen atoms in total. The molecule has 0 amide bonds. The molecule has 0 spiro atoms. The molecular weight excluding hydrogens is 1480 g/mol. The molecule has 25 aromatic rings.